The van der Waals surface area contributed by atoms with Gasteiger partial charge in [0.2, 0.25) is 0 Å². The third-order valence-electron chi connectivity index (χ3n) is 3.95. The summed E-state index contributed by atoms with van der Waals surface area (Å²) in [6, 6.07) is 1.80. The maximum Gasteiger partial charge on any atom is 0.276 e. The Bertz CT molecular complexity index is 615. The lowest BCUT2D eigenvalue weighted by atomic mass is 9.77. The fraction of sp³-hybridized carbons (Fsp3) is 0.538. The summed E-state index contributed by atoms with van der Waals surface area (Å²) in [7, 11) is 0. The summed E-state index contributed by atoms with van der Waals surface area (Å²) >= 11 is 0. The first kappa shape index (κ1) is 11.0. The molecule has 0 bridgehead atoms. The van der Waals surface area contributed by atoms with Gasteiger partial charge in [0.15, 0.2) is 5.82 Å². The highest BCUT2D eigenvalue weighted by Crippen LogP contribution is 2.39. The molecule has 2 aromatic rings. The lowest BCUT2D eigenvalue weighted by Crippen LogP contribution is -2.44. The Kier molecular flexibility index (Phi) is 2.23. The van der Waals surface area contributed by atoms with Crippen molar-refractivity contribution in [3.05, 3.63) is 23.9 Å². The summed E-state index contributed by atoms with van der Waals surface area (Å²) < 4.78 is 5.30. The Balaban J connectivity index is 1.66. The van der Waals surface area contributed by atoms with Crippen LogP contribution in [0.15, 0.2) is 16.8 Å². The summed E-state index contributed by atoms with van der Waals surface area (Å²) in [6.07, 6.45) is 7.06. The van der Waals surface area contributed by atoms with Crippen LogP contribution < -0.4 is 5.73 Å². The summed E-state index contributed by atoms with van der Waals surface area (Å²) in [4.78, 5) is 13.2. The Labute approximate surface area is 110 Å². The van der Waals surface area contributed by atoms with Gasteiger partial charge in [0.25, 0.3) is 5.89 Å². The molecule has 2 saturated carbocycles. The van der Waals surface area contributed by atoms with E-state index in [1.54, 1.807) is 12.3 Å². The first-order valence-corrected chi connectivity index (χ1v) is 6.71. The van der Waals surface area contributed by atoms with Crippen molar-refractivity contribution in [2.75, 3.05) is 0 Å². The van der Waals surface area contributed by atoms with Crippen molar-refractivity contribution in [2.45, 2.75) is 43.6 Å². The maximum atomic E-state index is 6.19. The predicted octanol–water partition coefficient (Wildman–Crippen LogP) is 1.74. The van der Waals surface area contributed by atoms with Crippen molar-refractivity contribution < 1.29 is 4.52 Å². The molecule has 0 radical (unpaired) electrons. The zero-order chi connectivity index (χ0) is 12.9. The van der Waals surface area contributed by atoms with Gasteiger partial charge in [0.05, 0.1) is 5.54 Å². The van der Waals surface area contributed by atoms with Crippen molar-refractivity contribution in [1.82, 2.24) is 20.1 Å². The predicted molar refractivity (Wildman–Crippen MR) is 67.0 cm³/mol. The second-order valence-electron chi connectivity index (χ2n) is 5.51. The Hall–Kier alpha value is -1.82. The molecule has 0 amide bonds. The molecule has 6 heteroatoms. The molecular formula is C13H15N5O. The maximum absolute atomic E-state index is 6.19. The number of hydrogen-bond donors (Lipinski definition) is 1. The highest BCUT2D eigenvalue weighted by atomic mass is 16.5. The lowest BCUT2D eigenvalue weighted by molar-refractivity contribution is 0.229. The summed E-state index contributed by atoms with van der Waals surface area (Å²) in [5.74, 6) is 2.43. The number of nitrogens with zero attached hydrogens (tertiary/aromatic N) is 4. The SMILES string of the molecule is NC1(c2noc(-c3ccnc(C4CC4)n3)n2)CCC1. The first-order valence-electron chi connectivity index (χ1n) is 6.71. The van der Waals surface area contributed by atoms with Gasteiger partial charge in [-0.05, 0) is 38.2 Å². The number of nitrogens with two attached hydrogens (primary N) is 1. The molecule has 0 unspecified atom stereocenters. The van der Waals surface area contributed by atoms with Crippen LogP contribution in [-0.4, -0.2) is 20.1 Å². The van der Waals surface area contributed by atoms with Gasteiger partial charge in [-0.1, -0.05) is 5.16 Å². The average molecular weight is 257 g/mol. The number of aromatic nitrogens is 4. The smallest absolute Gasteiger partial charge is 0.276 e. The molecule has 2 N–H and O–H groups in total. The molecular weight excluding hydrogens is 242 g/mol. The molecule has 0 spiro atoms. The van der Waals surface area contributed by atoms with Crippen LogP contribution in [0.3, 0.4) is 0 Å². The van der Waals surface area contributed by atoms with E-state index in [-0.39, 0.29) is 0 Å². The molecule has 0 atom stereocenters. The van der Waals surface area contributed by atoms with Gasteiger partial charge in [-0.15, -0.1) is 0 Å². The summed E-state index contributed by atoms with van der Waals surface area (Å²) in [6.45, 7) is 0. The Morgan fingerprint density at radius 1 is 1.26 bits per heavy atom. The van der Waals surface area contributed by atoms with Gasteiger partial charge in [-0.2, -0.15) is 4.98 Å². The van der Waals surface area contributed by atoms with E-state index in [0.29, 0.717) is 23.3 Å². The fourth-order valence-corrected chi connectivity index (χ4v) is 2.34. The Morgan fingerprint density at radius 2 is 2.11 bits per heavy atom. The molecule has 2 aliphatic rings. The van der Waals surface area contributed by atoms with Gasteiger partial charge in [0, 0.05) is 12.1 Å². The van der Waals surface area contributed by atoms with E-state index < -0.39 is 5.54 Å². The van der Waals surface area contributed by atoms with E-state index in [1.807, 2.05) is 0 Å². The van der Waals surface area contributed by atoms with Crippen molar-refractivity contribution >= 4 is 0 Å². The Morgan fingerprint density at radius 3 is 2.79 bits per heavy atom. The van der Waals surface area contributed by atoms with Crippen LogP contribution in [-0.2, 0) is 5.54 Å². The van der Waals surface area contributed by atoms with Crippen LogP contribution in [0.4, 0.5) is 0 Å². The molecule has 2 heterocycles. The molecule has 0 aliphatic heterocycles. The summed E-state index contributed by atoms with van der Waals surface area (Å²) in [5.41, 5.74) is 6.48. The monoisotopic (exact) mass is 257 g/mol. The van der Waals surface area contributed by atoms with E-state index in [2.05, 4.69) is 20.1 Å². The second-order valence-corrected chi connectivity index (χ2v) is 5.51. The summed E-state index contributed by atoms with van der Waals surface area (Å²) in [5, 5.41) is 4.00. The highest BCUT2D eigenvalue weighted by Gasteiger charge is 2.39. The van der Waals surface area contributed by atoms with Gasteiger partial charge in [-0.3, -0.25) is 0 Å². The van der Waals surface area contributed by atoms with Gasteiger partial charge < -0.3 is 10.3 Å². The molecule has 2 aromatic heterocycles. The van der Waals surface area contributed by atoms with Crippen LogP contribution in [0.25, 0.3) is 11.6 Å². The van der Waals surface area contributed by atoms with Crippen molar-refractivity contribution in [1.29, 1.82) is 0 Å². The van der Waals surface area contributed by atoms with Crippen LogP contribution in [0.2, 0.25) is 0 Å². The van der Waals surface area contributed by atoms with Gasteiger partial charge in [-0.25, -0.2) is 9.97 Å². The minimum Gasteiger partial charge on any atom is -0.332 e. The molecule has 98 valence electrons. The zero-order valence-corrected chi connectivity index (χ0v) is 10.5. The minimum atomic E-state index is -0.395. The van der Waals surface area contributed by atoms with Crippen LogP contribution in [0.5, 0.6) is 0 Å². The van der Waals surface area contributed by atoms with Crippen LogP contribution in [0.1, 0.15) is 49.7 Å². The van der Waals surface area contributed by atoms with Crippen molar-refractivity contribution in [3.8, 4) is 11.6 Å². The zero-order valence-electron chi connectivity index (χ0n) is 10.5. The number of hydrogen-bond acceptors (Lipinski definition) is 6. The van der Waals surface area contributed by atoms with E-state index in [9.17, 15) is 0 Å². The van der Waals surface area contributed by atoms with E-state index in [4.69, 9.17) is 10.3 Å². The third-order valence-corrected chi connectivity index (χ3v) is 3.95. The van der Waals surface area contributed by atoms with Crippen molar-refractivity contribution in [3.63, 3.8) is 0 Å². The quantitative estimate of drug-likeness (QED) is 0.900. The standard InChI is InChI=1S/C13H15N5O/c14-13(5-1-6-13)12-17-11(19-18-12)9-4-7-15-10(16-9)8-2-3-8/h4,7-8H,1-3,5-6,14H2. The fourth-order valence-electron chi connectivity index (χ4n) is 2.34. The van der Waals surface area contributed by atoms with Crippen LogP contribution in [0, 0.1) is 0 Å². The largest absolute Gasteiger partial charge is 0.332 e. The van der Waals surface area contributed by atoms with E-state index in [1.165, 1.54) is 12.8 Å². The molecule has 2 fully saturated rings. The molecule has 0 aromatic carbocycles. The van der Waals surface area contributed by atoms with Crippen LogP contribution >= 0.6 is 0 Å². The number of rotatable bonds is 3. The van der Waals surface area contributed by atoms with E-state index >= 15 is 0 Å². The van der Waals surface area contributed by atoms with Gasteiger partial charge >= 0.3 is 0 Å². The highest BCUT2D eigenvalue weighted by molar-refractivity contribution is 5.46. The van der Waals surface area contributed by atoms with E-state index in [0.717, 1.165) is 25.1 Å². The second kappa shape index (κ2) is 3.84. The van der Waals surface area contributed by atoms with Gasteiger partial charge in [0.1, 0.15) is 11.5 Å². The molecule has 0 saturated heterocycles. The third kappa shape index (κ3) is 1.83. The lowest BCUT2D eigenvalue weighted by Gasteiger charge is -2.34. The van der Waals surface area contributed by atoms with Crippen molar-refractivity contribution in [2.24, 2.45) is 5.73 Å². The normalized spacial score (nSPS) is 21.1. The average Bonchev–Trinajstić information content (AvgIpc) is 3.13. The first-order chi connectivity index (χ1) is 9.24. The topological polar surface area (TPSA) is 90.7 Å². The minimum absolute atomic E-state index is 0.395. The molecule has 19 heavy (non-hydrogen) atoms. The molecule has 6 nitrogen and oxygen atoms in total. The molecule has 4 rings (SSSR count). The molecule has 2 aliphatic carbocycles.